The molecule has 0 N–H and O–H groups in total. The van der Waals surface area contributed by atoms with Gasteiger partial charge in [0.25, 0.3) is 0 Å². The molecule has 31 heavy (non-hydrogen) atoms. The van der Waals surface area contributed by atoms with Crippen LogP contribution in [0.5, 0.6) is 11.5 Å². The summed E-state index contributed by atoms with van der Waals surface area (Å²) in [5, 5.41) is 20.3. The fourth-order valence-corrected chi connectivity index (χ4v) is 4.74. The van der Waals surface area contributed by atoms with E-state index < -0.39 is 5.25 Å². The summed E-state index contributed by atoms with van der Waals surface area (Å²) in [4.78, 5) is 11.0. The zero-order chi connectivity index (χ0) is 22.5. The van der Waals surface area contributed by atoms with Crippen LogP contribution in [0.25, 0.3) is 5.69 Å². The monoisotopic (exact) mass is 482 g/mol. The van der Waals surface area contributed by atoms with Crippen LogP contribution >= 0.6 is 35.0 Å². The maximum atomic E-state index is 11.4. The number of aryl methyl sites for hydroxylation is 1. The molecule has 3 rings (SSSR count). The van der Waals surface area contributed by atoms with Crippen LogP contribution < -0.4 is 9.47 Å². The SMILES string of the molecule is CCOc1c(Cl)cc([C@H](C[N+](=O)[O-])Sc2nnc(C)n2-c2ccc(OC)cc2)cc1Cl. The molecule has 0 amide bonds. The third-order valence-electron chi connectivity index (χ3n) is 4.37. The molecule has 0 saturated heterocycles. The molecule has 11 heteroatoms. The van der Waals surface area contributed by atoms with Crippen LogP contribution in [-0.2, 0) is 0 Å². The van der Waals surface area contributed by atoms with Crippen molar-refractivity contribution in [3.05, 3.63) is 67.9 Å². The van der Waals surface area contributed by atoms with Gasteiger partial charge in [-0.05, 0) is 55.8 Å². The lowest BCUT2D eigenvalue weighted by Crippen LogP contribution is -2.11. The first-order valence-corrected chi connectivity index (χ1v) is 10.9. The van der Waals surface area contributed by atoms with Gasteiger partial charge in [-0.1, -0.05) is 35.0 Å². The van der Waals surface area contributed by atoms with Crippen molar-refractivity contribution in [2.45, 2.75) is 24.3 Å². The number of methoxy groups -OCH3 is 1. The molecule has 0 saturated carbocycles. The Bertz CT molecular complexity index is 1050. The van der Waals surface area contributed by atoms with Crippen LogP contribution in [0.4, 0.5) is 0 Å². The Hall–Kier alpha value is -2.49. The summed E-state index contributed by atoms with van der Waals surface area (Å²) in [5.41, 5.74) is 1.41. The molecule has 1 heterocycles. The maximum Gasteiger partial charge on any atom is 0.220 e. The van der Waals surface area contributed by atoms with Gasteiger partial charge in [0.15, 0.2) is 10.9 Å². The third-order valence-corrected chi connectivity index (χ3v) is 6.11. The maximum absolute atomic E-state index is 11.4. The van der Waals surface area contributed by atoms with Crippen molar-refractivity contribution in [3.8, 4) is 17.2 Å². The normalized spacial score (nSPS) is 11.9. The summed E-state index contributed by atoms with van der Waals surface area (Å²) in [6.07, 6.45) is 0. The van der Waals surface area contributed by atoms with Crippen LogP contribution in [0.15, 0.2) is 41.6 Å². The molecule has 0 fully saturated rings. The van der Waals surface area contributed by atoms with Gasteiger partial charge >= 0.3 is 0 Å². The quantitative estimate of drug-likeness (QED) is 0.229. The van der Waals surface area contributed by atoms with E-state index in [1.807, 2.05) is 42.7 Å². The highest BCUT2D eigenvalue weighted by atomic mass is 35.5. The zero-order valence-corrected chi connectivity index (χ0v) is 19.4. The first kappa shape index (κ1) is 23.2. The van der Waals surface area contributed by atoms with E-state index in [1.54, 1.807) is 19.2 Å². The Balaban J connectivity index is 1.98. The first-order chi connectivity index (χ1) is 14.8. The van der Waals surface area contributed by atoms with Crippen LogP contribution in [0.3, 0.4) is 0 Å². The van der Waals surface area contributed by atoms with E-state index in [0.717, 1.165) is 5.69 Å². The molecule has 0 spiro atoms. The molecule has 0 bridgehead atoms. The molecule has 0 aliphatic heterocycles. The fourth-order valence-electron chi connectivity index (χ4n) is 2.97. The number of aromatic nitrogens is 3. The minimum absolute atomic E-state index is 0.297. The summed E-state index contributed by atoms with van der Waals surface area (Å²) in [6.45, 7) is 3.69. The van der Waals surface area contributed by atoms with Crippen molar-refractivity contribution < 1.29 is 14.4 Å². The van der Waals surface area contributed by atoms with E-state index in [0.29, 0.717) is 44.7 Å². The zero-order valence-electron chi connectivity index (χ0n) is 17.0. The number of rotatable bonds is 9. The second-order valence-corrected chi connectivity index (χ2v) is 8.42. The van der Waals surface area contributed by atoms with Gasteiger partial charge in [0.05, 0.1) is 23.8 Å². The second kappa shape index (κ2) is 10.2. The number of benzene rings is 2. The van der Waals surface area contributed by atoms with Crippen molar-refractivity contribution in [1.82, 2.24) is 14.8 Å². The van der Waals surface area contributed by atoms with E-state index >= 15 is 0 Å². The van der Waals surface area contributed by atoms with Crippen molar-refractivity contribution >= 4 is 35.0 Å². The van der Waals surface area contributed by atoms with E-state index in [2.05, 4.69) is 10.2 Å². The molecule has 0 aliphatic carbocycles. The van der Waals surface area contributed by atoms with Crippen molar-refractivity contribution in [3.63, 3.8) is 0 Å². The largest absolute Gasteiger partial charge is 0.497 e. The van der Waals surface area contributed by atoms with Gasteiger partial charge in [-0.3, -0.25) is 14.7 Å². The van der Waals surface area contributed by atoms with Crippen molar-refractivity contribution in [2.75, 3.05) is 20.3 Å². The Labute approximate surface area is 193 Å². The number of ether oxygens (including phenoxy) is 2. The van der Waals surface area contributed by atoms with E-state index in [9.17, 15) is 10.1 Å². The Morgan fingerprint density at radius 1 is 1.19 bits per heavy atom. The van der Waals surface area contributed by atoms with Gasteiger partial charge in [-0.15, -0.1) is 10.2 Å². The highest BCUT2D eigenvalue weighted by Crippen LogP contribution is 2.41. The van der Waals surface area contributed by atoms with E-state index in [1.165, 1.54) is 11.8 Å². The standard InChI is InChI=1S/C20H20Cl2N4O4S/c1-4-30-19-16(21)9-13(10-17(19)22)18(11-25(27)28)31-20-24-23-12(2)26(20)14-5-7-15(29-3)8-6-14/h5-10,18H,4,11H2,1-3H3/t18-/m0/s1. The summed E-state index contributed by atoms with van der Waals surface area (Å²) in [5.74, 6) is 1.72. The van der Waals surface area contributed by atoms with E-state index in [4.69, 9.17) is 32.7 Å². The summed E-state index contributed by atoms with van der Waals surface area (Å²) < 4.78 is 12.5. The molecule has 0 radical (unpaired) electrons. The summed E-state index contributed by atoms with van der Waals surface area (Å²) in [6, 6.07) is 10.7. The van der Waals surface area contributed by atoms with Crippen LogP contribution in [-0.4, -0.2) is 39.9 Å². The highest BCUT2D eigenvalue weighted by molar-refractivity contribution is 7.99. The van der Waals surface area contributed by atoms with Crippen molar-refractivity contribution in [2.24, 2.45) is 0 Å². The molecule has 8 nitrogen and oxygen atoms in total. The summed E-state index contributed by atoms with van der Waals surface area (Å²) in [7, 11) is 1.59. The van der Waals surface area contributed by atoms with Gasteiger partial charge < -0.3 is 9.47 Å². The second-order valence-electron chi connectivity index (χ2n) is 6.43. The third kappa shape index (κ3) is 5.41. The number of hydrogen-bond donors (Lipinski definition) is 0. The Kier molecular flexibility index (Phi) is 7.64. The Morgan fingerprint density at radius 2 is 1.84 bits per heavy atom. The lowest BCUT2D eigenvalue weighted by molar-refractivity contribution is -0.479. The Morgan fingerprint density at radius 3 is 2.39 bits per heavy atom. The average Bonchev–Trinajstić information content (AvgIpc) is 3.09. The molecular formula is C20H20Cl2N4O4S. The molecule has 1 aromatic heterocycles. The predicted molar refractivity (Wildman–Crippen MR) is 121 cm³/mol. The van der Waals surface area contributed by atoms with Crippen LogP contribution in [0.1, 0.15) is 23.6 Å². The lowest BCUT2D eigenvalue weighted by Gasteiger charge is -2.16. The number of nitro groups is 1. The number of halogens is 2. The lowest BCUT2D eigenvalue weighted by atomic mass is 10.1. The van der Waals surface area contributed by atoms with Gasteiger partial charge in [0, 0.05) is 10.6 Å². The predicted octanol–water partition coefficient (Wildman–Crippen LogP) is 5.40. The van der Waals surface area contributed by atoms with Gasteiger partial charge in [-0.2, -0.15) is 0 Å². The van der Waals surface area contributed by atoms with Gasteiger partial charge in [0.2, 0.25) is 6.54 Å². The first-order valence-electron chi connectivity index (χ1n) is 9.30. The number of hydrogen-bond acceptors (Lipinski definition) is 7. The molecule has 0 aliphatic rings. The molecule has 164 valence electrons. The topological polar surface area (TPSA) is 92.3 Å². The average molecular weight is 483 g/mol. The van der Waals surface area contributed by atoms with Crippen molar-refractivity contribution in [1.29, 1.82) is 0 Å². The van der Waals surface area contributed by atoms with Gasteiger partial charge in [0.1, 0.15) is 16.8 Å². The summed E-state index contributed by atoms with van der Waals surface area (Å²) >= 11 is 13.9. The molecule has 3 aromatic rings. The smallest absolute Gasteiger partial charge is 0.220 e. The van der Waals surface area contributed by atoms with Gasteiger partial charge in [-0.25, -0.2) is 0 Å². The fraction of sp³-hybridized carbons (Fsp3) is 0.300. The molecule has 0 unspecified atom stereocenters. The minimum Gasteiger partial charge on any atom is -0.497 e. The number of nitrogens with zero attached hydrogens (tertiary/aromatic N) is 4. The van der Waals surface area contributed by atoms with E-state index in [-0.39, 0.29) is 11.5 Å². The molecular weight excluding hydrogens is 463 g/mol. The van der Waals surface area contributed by atoms with Crippen LogP contribution in [0.2, 0.25) is 10.0 Å². The molecule has 1 atom stereocenters. The highest BCUT2D eigenvalue weighted by Gasteiger charge is 2.25. The molecule has 2 aromatic carbocycles. The minimum atomic E-state index is -0.596. The number of thioether (sulfide) groups is 1. The van der Waals surface area contributed by atoms with Crippen LogP contribution in [0, 0.1) is 17.0 Å².